The van der Waals surface area contributed by atoms with E-state index in [1.807, 2.05) is 31.2 Å². The number of carbonyl (C=O) groups is 1. The molecule has 0 saturated carbocycles. The highest BCUT2D eigenvalue weighted by atomic mass is 16.5. The summed E-state index contributed by atoms with van der Waals surface area (Å²) in [6.45, 7) is 7.66. The molecule has 0 bridgehead atoms. The first-order valence-corrected chi connectivity index (χ1v) is 10.6. The van der Waals surface area contributed by atoms with Gasteiger partial charge in [0, 0.05) is 32.6 Å². The molecular formula is C22H29N5O2. The van der Waals surface area contributed by atoms with Gasteiger partial charge in [0.2, 0.25) is 11.8 Å². The molecule has 7 nitrogen and oxygen atoms in total. The number of aryl methyl sites for hydroxylation is 1. The quantitative estimate of drug-likeness (QED) is 0.856. The number of benzene rings is 1. The minimum atomic E-state index is -0.0560. The van der Waals surface area contributed by atoms with Crippen LogP contribution in [0.5, 0.6) is 11.6 Å². The van der Waals surface area contributed by atoms with Crippen LogP contribution < -0.4 is 15.0 Å². The van der Waals surface area contributed by atoms with Gasteiger partial charge in [-0.2, -0.15) is 4.98 Å². The van der Waals surface area contributed by atoms with Crippen molar-refractivity contribution in [2.24, 2.45) is 0 Å². The number of hydrogen-bond acceptors (Lipinski definition) is 5. The molecule has 0 atom stereocenters. The molecule has 29 heavy (non-hydrogen) atoms. The van der Waals surface area contributed by atoms with Gasteiger partial charge in [0.05, 0.1) is 17.8 Å². The molecule has 1 aromatic heterocycles. The fourth-order valence-corrected chi connectivity index (χ4v) is 3.85. The minimum absolute atomic E-state index is 0.0560. The second-order valence-electron chi connectivity index (χ2n) is 7.72. The van der Waals surface area contributed by atoms with Gasteiger partial charge < -0.3 is 19.9 Å². The van der Waals surface area contributed by atoms with Gasteiger partial charge in [0.15, 0.2) is 0 Å². The van der Waals surface area contributed by atoms with Crippen LogP contribution in [0.2, 0.25) is 0 Å². The number of carbonyl (C=O) groups excluding carboxylic acids is 1. The molecule has 1 fully saturated rings. The predicted molar refractivity (Wildman–Crippen MR) is 113 cm³/mol. The lowest BCUT2D eigenvalue weighted by atomic mass is 10.1. The third-order valence-corrected chi connectivity index (χ3v) is 5.50. The lowest BCUT2D eigenvalue weighted by molar-refractivity contribution is 0.191. The molecule has 1 aromatic carbocycles. The van der Waals surface area contributed by atoms with Gasteiger partial charge in [-0.1, -0.05) is 17.7 Å². The normalized spacial score (nSPS) is 16.3. The lowest BCUT2D eigenvalue weighted by Gasteiger charge is -2.31. The van der Waals surface area contributed by atoms with Crippen molar-refractivity contribution in [2.75, 3.05) is 31.1 Å². The molecule has 2 amide bonds. The molecule has 2 aromatic rings. The van der Waals surface area contributed by atoms with E-state index in [1.54, 1.807) is 4.90 Å². The Hall–Kier alpha value is -2.83. The zero-order valence-electron chi connectivity index (χ0n) is 17.3. The first kappa shape index (κ1) is 19.5. The molecule has 0 radical (unpaired) electrons. The van der Waals surface area contributed by atoms with Gasteiger partial charge in [0.1, 0.15) is 5.75 Å². The van der Waals surface area contributed by atoms with Crippen LogP contribution in [-0.4, -0.2) is 47.1 Å². The largest absolute Gasteiger partial charge is 0.438 e. The van der Waals surface area contributed by atoms with Crippen molar-refractivity contribution in [1.82, 2.24) is 20.2 Å². The maximum absolute atomic E-state index is 12.4. The Balaban J connectivity index is 1.67. The first-order valence-electron chi connectivity index (χ1n) is 10.6. The Bertz CT molecular complexity index is 862. The van der Waals surface area contributed by atoms with Gasteiger partial charge in [-0.05, 0) is 45.2 Å². The van der Waals surface area contributed by atoms with Crippen molar-refractivity contribution in [1.29, 1.82) is 0 Å². The summed E-state index contributed by atoms with van der Waals surface area (Å²) in [5, 5.41) is 2.88. The van der Waals surface area contributed by atoms with E-state index >= 15 is 0 Å². The summed E-state index contributed by atoms with van der Waals surface area (Å²) in [7, 11) is 0. The Morgan fingerprint density at radius 1 is 1.10 bits per heavy atom. The molecule has 7 heteroatoms. The number of aromatic nitrogens is 2. The van der Waals surface area contributed by atoms with Crippen LogP contribution in [-0.2, 0) is 13.0 Å². The van der Waals surface area contributed by atoms with Crippen LogP contribution >= 0.6 is 0 Å². The molecule has 2 aliphatic heterocycles. The summed E-state index contributed by atoms with van der Waals surface area (Å²) < 4.78 is 6.22. The van der Waals surface area contributed by atoms with Gasteiger partial charge in [-0.15, -0.1) is 0 Å². The molecule has 1 saturated heterocycles. The number of fused-ring (bicyclic) bond motifs is 1. The second-order valence-corrected chi connectivity index (χ2v) is 7.72. The molecule has 1 N–H and O–H groups in total. The second kappa shape index (κ2) is 8.68. The average molecular weight is 396 g/mol. The number of nitrogens with one attached hydrogen (secondary N) is 1. The van der Waals surface area contributed by atoms with Crippen molar-refractivity contribution in [3.8, 4) is 11.6 Å². The highest BCUT2D eigenvalue weighted by molar-refractivity contribution is 5.74. The van der Waals surface area contributed by atoms with E-state index in [4.69, 9.17) is 14.7 Å². The van der Waals surface area contributed by atoms with Gasteiger partial charge in [-0.25, -0.2) is 9.78 Å². The van der Waals surface area contributed by atoms with Crippen LogP contribution in [0.1, 0.15) is 43.0 Å². The molecule has 2 aliphatic rings. The third kappa shape index (κ3) is 4.44. The fourth-order valence-electron chi connectivity index (χ4n) is 3.85. The number of ether oxygens (including phenoxy) is 1. The zero-order chi connectivity index (χ0) is 20.2. The fraction of sp³-hybridized carbons (Fsp3) is 0.500. The third-order valence-electron chi connectivity index (χ3n) is 5.50. The van der Waals surface area contributed by atoms with Gasteiger partial charge >= 0.3 is 6.03 Å². The van der Waals surface area contributed by atoms with E-state index in [2.05, 4.69) is 17.1 Å². The van der Waals surface area contributed by atoms with Crippen LogP contribution in [0.15, 0.2) is 24.3 Å². The minimum Gasteiger partial charge on any atom is -0.438 e. The lowest BCUT2D eigenvalue weighted by Crippen LogP contribution is -2.43. The van der Waals surface area contributed by atoms with Gasteiger partial charge in [0.25, 0.3) is 0 Å². The van der Waals surface area contributed by atoms with E-state index < -0.39 is 0 Å². The number of amides is 2. The van der Waals surface area contributed by atoms with E-state index in [-0.39, 0.29) is 6.03 Å². The molecule has 0 spiro atoms. The maximum atomic E-state index is 12.4. The Morgan fingerprint density at radius 3 is 2.59 bits per heavy atom. The molecular weight excluding hydrogens is 366 g/mol. The summed E-state index contributed by atoms with van der Waals surface area (Å²) >= 11 is 0. The van der Waals surface area contributed by atoms with Crippen molar-refractivity contribution < 1.29 is 9.53 Å². The summed E-state index contributed by atoms with van der Waals surface area (Å²) in [4.78, 5) is 26.1. The standard InChI is InChI=1S/C22H29N5O2/c1-3-23-22(28)27-14-11-19-18(15-27)20(29-17-9-7-16(2)8-10-17)25-21(24-19)26-12-5-4-6-13-26/h7-10H,3-6,11-15H2,1-2H3,(H,23,28). The smallest absolute Gasteiger partial charge is 0.317 e. The van der Waals surface area contributed by atoms with E-state index in [0.717, 1.165) is 36.0 Å². The monoisotopic (exact) mass is 395 g/mol. The average Bonchev–Trinajstić information content (AvgIpc) is 2.75. The Kier molecular flexibility index (Phi) is 5.83. The Morgan fingerprint density at radius 2 is 1.86 bits per heavy atom. The van der Waals surface area contributed by atoms with Crippen LogP contribution in [0, 0.1) is 6.92 Å². The van der Waals surface area contributed by atoms with Crippen molar-refractivity contribution >= 4 is 12.0 Å². The molecule has 154 valence electrons. The van der Waals surface area contributed by atoms with Crippen molar-refractivity contribution in [2.45, 2.75) is 46.1 Å². The highest BCUT2D eigenvalue weighted by Crippen LogP contribution is 2.32. The number of nitrogens with zero attached hydrogens (tertiary/aromatic N) is 4. The topological polar surface area (TPSA) is 70.6 Å². The SMILES string of the molecule is CCNC(=O)N1CCc2nc(N3CCCCC3)nc(Oc3ccc(C)cc3)c2C1. The number of hydrogen-bond donors (Lipinski definition) is 1. The van der Waals surface area contributed by atoms with Crippen molar-refractivity contribution in [3.05, 3.63) is 41.1 Å². The Labute approximate surface area is 172 Å². The van der Waals surface area contributed by atoms with Crippen LogP contribution in [0.3, 0.4) is 0 Å². The number of urea groups is 1. The highest BCUT2D eigenvalue weighted by Gasteiger charge is 2.28. The molecule has 3 heterocycles. The summed E-state index contributed by atoms with van der Waals surface area (Å²) in [5.74, 6) is 2.06. The summed E-state index contributed by atoms with van der Waals surface area (Å²) in [6.07, 6.45) is 4.30. The number of anilines is 1. The molecule has 0 aliphatic carbocycles. The maximum Gasteiger partial charge on any atom is 0.317 e. The van der Waals surface area contributed by atoms with Crippen LogP contribution in [0.25, 0.3) is 0 Å². The predicted octanol–water partition coefficient (Wildman–Crippen LogP) is 3.66. The summed E-state index contributed by atoms with van der Waals surface area (Å²) in [6, 6.07) is 7.90. The van der Waals surface area contributed by atoms with Crippen LogP contribution in [0.4, 0.5) is 10.7 Å². The van der Waals surface area contributed by atoms with Crippen molar-refractivity contribution in [3.63, 3.8) is 0 Å². The zero-order valence-corrected chi connectivity index (χ0v) is 17.3. The number of rotatable bonds is 4. The van der Waals surface area contributed by atoms with E-state index in [1.165, 1.54) is 24.8 Å². The first-order chi connectivity index (χ1) is 14.1. The van der Waals surface area contributed by atoms with E-state index in [9.17, 15) is 4.79 Å². The van der Waals surface area contributed by atoms with E-state index in [0.29, 0.717) is 31.9 Å². The van der Waals surface area contributed by atoms with Gasteiger partial charge in [-0.3, -0.25) is 0 Å². The summed E-state index contributed by atoms with van der Waals surface area (Å²) in [5.41, 5.74) is 3.07. The molecule has 4 rings (SSSR count). The number of piperidine rings is 1. The molecule has 0 unspecified atom stereocenters.